The lowest BCUT2D eigenvalue weighted by atomic mass is 9.97. The molecule has 4 rings (SSSR count). The zero-order chi connectivity index (χ0) is 11.9. The van der Waals surface area contributed by atoms with E-state index in [4.69, 9.17) is 4.98 Å². The second kappa shape index (κ2) is 4.46. The third kappa shape index (κ3) is 2.04. The van der Waals surface area contributed by atoms with E-state index in [-0.39, 0.29) is 0 Å². The number of allylic oxidation sites excluding steroid dienone is 1. The molecule has 0 N–H and O–H groups in total. The Morgan fingerprint density at radius 2 is 2.00 bits per heavy atom. The lowest BCUT2D eigenvalue weighted by Crippen LogP contribution is -2.34. The number of aromatic nitrogens is 1. The first-order chi connectivity index (χ1) is 8.90. The molecule has 2 fully saturated rings. The maximum absolute atomic E-state index is 4.87. The number of rotatable bonds is 2. The van der Waals surface area contributed by atoms with Gasteiger partial charge in [0.1, 0.15) is 0 Å². The fourth-order valence-electron chi connectivity index (χ4n) is 3.23. The summed E-state index contributed by atoms with van der Waals surface area (Å²) in [5.41, 5.74) is 1.27. The highest BCUT2D eigenvalue weighted by Crippen LogP contribution is 2.37. The van der Waals surface area contributed by atoms with Crippen LogP contribution in [-0.2, 0) is 6.42 Å². The first kappa shape index (κ1) is 11.2. The van der Waals surface area contributed by atoms with Crippen LogP contribution in [0.1, 0.15) is 53.6 Å². The Bertz CT molecular complexity index is 465. The van der Waals surface area contributed by atoms with Crippen LogP contribution in [0.3, 0.4) is 0 Å². The molecule has 18 heavy (non-hydrogen) atoms. The molecule has 0 amide bonds. The van der Waals surface area contributed by atoms with E-state index in [0.29, 0.717) is 0 Å². The molecular formula is C15H20N2S. The average Bonchev–Trinajstić information content (AvgIpc) is 3.18. The first-order valence-electron chi connectivity index (χ1n) is 7.30. The van der Waals surface area contributed by atoms with Crippen LogP contribution in [0.4, 0.5) is 0 Å². The number of nitrogens with zero attached hydrogens (tertiary/aromatic N) is 2. The normalized spacial score (nSPS) is 25.3. The minimum Gasteiger partial charge on any atom is -0.300 e. The molecule has 3 aliphatic rings. The average molecular weight is 260 g/mol. The second-order valence-electron chi connectivity index (χ2n) is 5.84. The van der Waals surface area contributed by atoms with Crippen LogP contribution in [0.15, 0.2) is 6.08 Å². The molecule has 1 aliphatic heterocycles. The third-order valence-corrected chi connectivity index (χ3v) is 5.79. The maximum atomic E-state index is 4.87. The lowest BCUT2D eigenvalue weighted by Gasteiger charge is -2.30. The van der Waals surface area contributed by atoms with E-state index in [9.17, 15) is 0 Å². The Morgan fingerprint density at radius 1 is 1.17 bits per heavy atom. The van der Waals surface area contributed by atoms with Crippen LogP contribution in [0.25, 0.3) is 6.08 Å². The quantitative estimate of drug-likeness (QED) is 0.809. The van der Waals surface area contributed by atoms with Gasteiger partial charge < -0.3 is 4.90 Å². The van der Waals surface area contributed by atoms with Gasteiger partial charge in [-0.05, 0) is 57.7 Å². The summed E-state index contributed by atoms with van der Waals surface area (Å²) in [5, 5.41) is 1.42. The molecule has 0 aromatic carbocycles. The maximum Gasteiger partial charge on any atom is 0.0967 e. The van der Waals surface area contributed by atoms with Gasteiger partial charge in [-0.3, -0.25) is 0 Å². The van der Waals surface area contributed by atoms with Gasteiger partial charge in [0.05, 0.1) is 10.7 Å². The largest absolute Gasteiger partial charge is 0.300 e. The van der Waals surface area contributed by atoms with Gasteiger partial charge in [0.25, 0.3) is 0 Å². The van der Waals surface area contributed by atoms with Crippen molar-refractivity contribution in [3.05, 3.63) is 21.7 Å². The van der Waals surface area contributed by atoms with Crippen LogP contribution in [0.5, 0.6) is 0 Å². The molecule has 96 valence electrons. The number of hydrogen-bond donors (Lipinski definition) is 0. The summed E-state index contributed by atoms with van der Waals surface area (Å²) in [6.07, 6.45) is 12.4. The number of aryl methyl sites for hydroxylation is 1. The molecule has 0 unspecified atom stereocenters. The molecule has 1 aromatic heterocycles. The molecule has 2 aliphatic carbocycles. The molecule has 1 saturated heterocycles. The minimum atomic E-state index is 0.740. The van der Waals surface area contributed by atoms with E-state index in [1.54, 1.807) is 0 Å². The van der Waals surface area contributed by atoms with Crippen molar-refractivity contribution in [1.29, 1.82) is 0 Å². The van der Waals surface area contributed by atoms with Gasteiger partial charge in [-0.2, -0.15) is 0 Å². The van der Waals surface area contributed by atoms with Gasteiger partial charge in [0.15, 0.2) is 0 Å². The lowest BCUT2D eigenvalue weighted by molar-refractivity contribution is 0.203. The first-order valence-corrected chi connectivity index (χ1v) is 8.12. The van der Waals surface area contributed by atoms with E-state index in [1.165, 1.54) is 67.2 Å². The Labute approximate surface area is 113 Å². The monoisotopic (exact) mass is 260 g/mol. The smallest absolute Gasteiger partial charge is 0.0967 e. The van der Waals surface area contributed by atoms with Gasteiger partial charge in [0, 0.05) is 16.8 Å². The van der Waals surface area contributed by atoms with Crippen molar-refractivity contribution in [2.45, 2.75) is 50.5 Å². The van der Waals surface area contributed by atoms with Crippen molar-refractivity contribution in [1.82, 2.24) is 9.88 Å². The van der Waals surface area contributed by atoms with Gasteiger partial charge in [-0.25, -0.2) is 4.98 Å². The third-order valence-electron chi connectivity index (χ3n) is 4.50. The van der Waals surface area contributed by atoms with Gasteiger partial charge in [-0.1, -0.05) is 6.08 Å². The molecule has 2 heterocycles. The summed E-state index contributed by atoms with van der Waals surface area (Å²) in [5.74, 6) is 0.740. The van der Waals surface area contributed by atoms with E-state index < -0.39 is 0 Å². The predicted molar refractivity (Wildman–Crippen MR) is 76.0 cm³/mol. The Morgan fingerprint density at radius 3 is 2.72 bits per heavy atom. The summed E-state index contributed by atoms with van der Waals surface area (Å²) in [6, 6.07) is 0.943. The van der Waals surface area contributed by atoms with Gasteiger partial charge in [0.2, 0.25) is 0 Å². The highest BCUT2D eigenvalue weighted by atomic mass is 32.1. The fraction of sp³-hybridized carbons (Fsp3) is 0.667. The van der Waals surface area contributed by atoms with E-state index >= 15 is 0 Å². The van der Waals surface area contributed by atoms with Crippen molar-refractivity contribution in [2.75, 3.05) is 13.1 Å². The van der Waals surface area contributed by atoms with Crippen molar-refractivity contribution in [3.63, 3.8) is 0 Å². The molecule has 2 nitrogen and oxygen atoms in total. The number of thiazole rings is 1. The summed E-state index contributed by atoms with van der Waals surface area (Å²) in [7, 11) is 0. The van der Waals surface area contributed by atoms with Crippen LogP contribution >= 0.6 is 11.3 Å². The molecule has 1 saturated carbocycles. The highest BCUT2D eigenvalue weighted by molar-refractivity contribution is 7.11. The summed E-state index contributed by atoms with van der Waals surface area (Å²) in [6.45, 7) is 2.60. The standard InChI is InChI=1S/C15H20N2S/c1-2-4-14-13(3-1)16-15(18-14)11-7-9-17(10-8-11)12-5-6-12/h1,3,11-12H,2,4-10H2. The number of hydrogen-bond acceptors (Lipinski definition) is 3. The molecule has 1 aromatic rings. The van der Waals surface area contributed by atoms with Crippen LogP contribution in [0.2, 0.25) is 0 Å². The topological polar surface area (TPSA) is 16.1 Å². The molecular weight excluding hydrogens is 240 g/mol. The van der Waals surface area contributed by atoms with Crippen LogP contribution in [-0.4, -0.2) is 29.0 Å². The van der Waals surface area contributed by atoms with E-state index in [0.717, 1.165) is 12.0 Å². The van der Waals surface area contributed by atoms with Crippen molar-refractivity contribution in [2.24, 2.45) is 0 Å². The Kier molecular flexibility index (Phi) is 2.77. The minimum absolute atomic E-state index is 0.740. The molecule has 0 spiro atoms. The zero-order valence-electron chi connectivity index (χ0n) is 10.8. The molecule has 0 bridgehead atoms. The summed E-state index contributed by atoms with van der Waals surface area (Å²) < 4.78 is 0. The predicted octanol–water partition coefficient (Wildman–Crippen LogP) is 3.44. The Balaban J connectivity index is 1.47. The second-order valence-corrected chi connectivity index (χ2v) is 6.96. The molecule has 3 heteroatoms. The molecule has 0 radical (unpaired) electrons. The SMILES string of the molecule is C1=Cc2nc(C3CCN(C4CC4)CC3)sc2CC1. The van der Waals surface area contributed by atoms with E-state index in [2.05, 4.69) is 17.1 Å². The summed E-state index contributed by atoms with van der Waals surface area (Å²) >= 11 is 1.99. The number of piperidine rings is 1. The van der Waals surface area contributed by atoms with Crippen LogP contribution < -0.4 is 0 Å². The van der Waals surface area contributed by atoms with Crippen LogP contribution in [0, 0.1) is 0 Å². The van der Waals surface area contributed by atoms with Crippen molar-refractivity contribution < 1.29 is 0 Å². The summed E-state index contributed by atoms with van der Waals surface area (Å²) in [4.78, 5) is 9.10. The number of likely N-dealkylation sites (tertiary alicyclic amines) is 1. The van der Waals surface area contributed by atoms with Crippen molar-refractivity contribution in [3.8, 4) is 0 Å². The van der Waals surface area contributed by atoms with Crippen molar-refractivity contribution >= 4 is 17.4 Å². The van der Waals surface area contributed by atoms with Gasteiger partial charge >= 0.3 is 0 Å². The number of fused-ring (bicyclic) bond motifs is 1. The van der Waals surface area contributed by atoms with Gasteiger partial charge in [-0.15, -0.1) is 11.3 Å². The highest BCUT2D eigenvalue weighted by Gasteiger charge is 2.33. The molecule has 0 atom stereocenters. The Hall–Kier alpha value is -0.670. The fourth-order valence-corrected chi connectivity index (χ4v) is 4.46. The van der Waals surface area contributed by atoms with E-state index in [1.807, 2.05) is 11.3 Å². The zero-order valence-corrected chi connectivity index (χ0v) is 11.6.